The second-order valence-corrected chi connectivity index (χ2v) is 5.70. The molecule has 2 N–H and O–H groups in total. The van der Waals surface area contributed by atoms with Gasteiger partial charge in [0.15, 0.2) is 0 Å². The first-order valence-electron chi connectivity index (χ1n) is 7.72. The zero-order valence-corrected chi connectivity index (χ0v) is 12.8. The molecule has 5 nitrogen and oxygen atoms in total. The molecular formula is C17H21N3O2. The van der Waals surface area contributed by atoms with Gasteiger partial charge in [-0.25, -0.2) is 5.10 Å². The molecule has 1 aromatic carbocycles. The molecule has 1 heterocycles. The van der Waals surface area contributed by atoms with E-state index in [2.05, 4.69) is 15.5 Å². The van der Waals surface area contributed by atoms with Gasteiger partial charge >= 0.3 is 0 Å². The average molecular weight is 299 g/mol. The van der Waals surface area contributed by atoms with Crippen LogP contribution >= 0.6 is 0 Å². The van der Waals surface area contributed by atoms with E-state index in [0.717, 1.165) is 22.6 Å². The molecule has 0 aliphatic heterocycles. The summed E-state index contributed by atoms with van der Waals surface area (Å²) in [6.45, 7) is 0.583. The number of rotatable bonds is 5. The van der Waals surface area contributed by atoms with Crippen molar-refractivity contribution in [2.24, 2.45) is 0 Å². The fourth-order valence-electron chi connectivity index (χ4n) is 2.89. The lowest BCUT2D eigenvalue weighted by Crippen LogP contribution is -2.29. The van der Waals surface area contributed by atoms with Gasteiger partial charge in [-0.3, -0.25) is 4.79 Å². The van der Waals surface area contributed by atoms with Crippen molar-refractivity contribution in [2.75, 3.05) is 7.11 Å². The third-order valence-corrected chi connectivity index (χ3v) is 4.18. The van der Waals surface area contributed by atoms with E-state index >= 15 is 0 Å². The number of nitrogens with zero attached hydrogens (tertiary/aromatic N) is 1. The Morgan fingerprint density at radius 1 is 1.32 bits per heavy atom. The Bertz CT molecular complexity index is 690. The van der Waals surface area contributed by atoms with Crippen LogP contribution in [0, 0.1) is 0 Å². The smallest absolute Gasteiger partial charge is 0.268 e. The van der Waals surface area contributed by atoms with Crippen molar-refractivity contribution in [3.63, 3.8) is 0 Å². The third kappa shape index (κ3) is 3.36. The topological polar surface area (TPSA) is 67.0 Å². The van der Waals surface area contributed by atoms with Gasteiger partial charge < -0.3 is 10.1 Å². The minimum Gasteiger partial charge on any atom is -0.497 e. The monoisotopic (exact) mass is 299 g/mol. The van der Waals surface area contributed by atoms with Crippen molar-refractivity contribution in [2.45, 2.75) is 38.3 Å². The Balaban J connectivity index is 1.80. The molecular weight excluding hydrogens is 278 g/mol. The molecule has 1 aliphatic rings. The fourth-order valence-corrected chi connectivity index (χ4v) is 2.89. The van der Waals surface area contributed by atoms with Crippen molar-refractivity contribution >= 4 is 0 Å². The van der Waals surface area contributed by atoms with Crippen LogP contribution in [0.15, 0.2) is 35.1 Å². The summed E-state index contributed by atoms with van der Waals surface area (Å²) in [5.41, 5.74) is 2.27. The highest BCUT2D eigenvalue weighted by molar-refractivity contribution is 5.61. The molecule has 1 fully saturated rings. The Morgan fingerprint density at radius 3 is 2.91 bits per heavy atom. The van der Waals surface area contributed by atoms with Gasteiger partial charge in [-0.15, -0.1) is 0 Å². The zero-order valence-electron chi connectivity index (χ0n) is 12.8. The van der Waals surface area contributed by atoms with E-state index in [1.165, 1.54) is 25.7 Å². The summed E-state index contributed by atoms with van der Waals surface area (Å²) in [6.07, 6.45) is 4.95. The Labute approximate surface area is 129 Å². The summed E-state index contributed by atoms with van der Waals surface area (Å²) in [7, 11) is 1.64. The highest BCUT2D eigenvalue weighted by atomic mass is 16.5. The van der Waals surface area contributed by atoms with E-state index in [1.54, 1.807) is 7.11 Å². The zero-order chi connectivity index (χ0) is 15.4. The molecule has 3 rings (SSSR count). The minimum absolute atomic E-state index is 0.128. The molecule has 5 heteroatoms. The SMILES string of the molecule is COc1cccc(-c2cc(CNC3CCCC3)c(=O)[nH]n2)c1. The van der Waals surface area contributed by atoms with Gasteiger partial charge in [0.2, 0.25) is 0 Å². The van der Waals surface area contributed by atoms with Crippen molar-refractivity contribution < 1.29 is 4.74 Å². The summed E-state index contributed by atoms with van der Waals surface area (Å²) < 4.78 is 5.23. The van der Waals surface area contributed by atoms with Gasteiger partial charge in [0.25, 0.3) is 5.56 Å². The second kappa shape index (κ2) is 6.75. The highest BCUT2D eigenvalue weighted by Gasteiger charge is 2.15. The summed E-state index contributed by atoms with van der Waals surface area (Å²) >= 11 is 0. The number of ether oxygens (including phenoxy) is 1. The maximum Gasteiger partial charge on any atom is 0.268 e. The molecule has 116 valence electrons. The molecule has 0 saturated heterocycles. The van der Waals surface area contributed by atoms with E-state index in [4.69, 9.17) is 4.74 Å². The molecule has 0 spiro atoms. The molecule has 0 radical (unpaired) electrons. The normalized spacial score (nSPS) is 15.1. The molecule has 22 heavy (non-hydrogen) atoms. The van der Waals surface area contributed by atoms with E-state index in [-0.39, 0.29) is 5.56 Å². The lowest BCUT2D eigenvalue weighted by Gasteiger charge is -2.11. The number of methoxy groups -OCH3 is 1. The number of hydrogen-bond donors (Lipinski definition) is 2. The van der Waals surface area contributed by atoms with Gasteiger partial charge in [0.1, 0.15) is 5.75 Å². The average Bonchev–Trinajstić information content (AvgIpc) is 3.07. The van der Waals surface area contributed by atoms with Crippen LogP contribution in [-0.4, -0.2) is 23.3 Å². The fraction of sp³-hybridized carbons (Fsp3) is 0.412. The molecule has 0 atom stereocenters. The van der Waals surface area contributed by atoms with E-state index < -0.39 is 0 Å². The second-order valence-electron chi connectivity index (χ2n) is 5.70. The largest absolute Gasteiger partial charge is 0.497 e. The molecule has 2 aromatic rings. The molecule has 0 unspecified atom stereocenters. The summed E-state index contributed by atoms with van der Waals surface area (Å²) in [6, 6.07) is 10.1. The number of H-pyrrole nitrogens is 1. The van der Waals surface area contributed by atoms with Crippen LogP contribution in [0.25, 0.3) is 11.3 Å². The standard InChI is InChI=1S/C17H21N3O2/c1-22-15-8-4-5-12(9-15)16-10-13(17(21)20-19-16)11-18-14-6-2-3-7-14/h4-5,8-10,14,18H,2-3,6-7,11H2,1H3,(H,20,21). The van der Waals surface area contributed by atoms with Crippen LogP contribution in [0.5, 0.6) is 5.75 Å². The first-order valence-corrected chi connectivity index (χ1v) is 7.72. The Morgan fingerprint density at radius 2 is 2.14 bits per heavy atom. The molecule has 1 aromatic heterocycles. The van der Waals surface area contributed by atoms with E-state index in [1.807, 2.05) is 30.3 Å². The van der Waals surface area contributed by atoms with Crippen molar-refractivity contribution in [3.8, 4) is 17.0 Å². The van der Waals surface area contributed by atoms with Gasteiger partial charge in [0, 0.05) is 23.7 Å². The third-order valence-electron chi connectivity index (χ3n) is 4.18. The van der Waals surface area contributed by atoms with Gasteiger partial charge in [-0.1, -0.05) is 25.0 Å². The maximum absolute atomic E-state index is 11.9. The number of aromatic amines is 1. The van der Waals surface area contributed by atoms with Gasteiger partial charge in [0.05, 0.1) is 12.8 Å². The van der Waals surface area contributed by atoms with Crippen LogP contribution in [0.1, 0.15) is 31.2 Å². The summed E-state index contributed by atoms with van der Waals surface area (Å²) in [5, 5.41) is 10.2. The quantitative estimate of drug-likeness (QED) is 0.890. The van der Waals surface area contributed by atoms with Crippen LogP contribution in [0.4, 0.5) is 0 Å². The Hall–Kier alpha value is -2.14. The van der Waals surface area contributed by atoms with Gasteiger partial charge in [-0.05, 0) is 31.0 Å². The van der Waals surface area contributed by atoms with Crippen molar-refractivity contribution in [3.05, 3.63) is 46.2 Å². The number of hydrogen-bond acceptors (Lipinski definition) is 4. The number of nitrogens with one attached hydrogen (secondary N) is 2. The predicted molar refractivity (Wildman–Crippen MR) is 85.9 cm³/mol. The molecule has 1 saturated carbocycles. The summed E-state index contributed by atoms with van der Waals surface area (Å²) in [5.74, 6) is 0.774. The Kier molecular flexibility index (Phi) is 4.53. The van der Waals surface area contributed by atoms with E-state index in [9.17, 15) is 4.79 Å². The van der Waals surface area contributed by atoms with Crippen LogP contribution < -0.4 is 15.6 Å². The highest BCUT2D eigenvalue weighted by Crippen LogP contribution is 2.22. The van der Waals surface area contributed by atoms with Crippen LogP contribution in [0.2, 0.25) is 0 Å². The predicted octanol–water partition coefficient (Wildman–Crippen LogP) is 2.48. The number of benzene rings is 1. The van der Waals surface area contributed by atoms with Crippen molar-refractivity contribution in [1.82, 2.24) is 15.5 Å². The van der Waals surface area contributed by atoms with Crippen LogP contribution in [-0.2, 0) is 6.54 Å². The summed E-state index contributed by atoms with van der Waals surface area (Å²) in [4.78, 5) is 11.9. The van der Waals surface area contributed by atoms with Gasteiger partial charge in [-0.2, -0.15) is 5.10 Å². The van der Waals surface area contributed by atoms with Crippen LogP contribution in [0.3, 0.4) is 0 Å². The molecule has 0 bridgehead atoms. The lowest BCUT2D eigenvalue weighted by molar-refractivity contribution is 0.415. The number of aromatic nitrogens is 2. The first kappa shape index (κ1) is 14.8. The molecule has 1 aliphatic carbocycles. The minimum atomic E-state index is -0.128. The molecule has 0 amide bonds. The van der Waals surface area contributed by atoms with E-state index in [0.29, 0.717) is 12.6 Å². The lowest BCUT2D eigenvalue weighted by atomic mass is 10.1. The first-order chi connectivity index (χ1) is 10.8. The van der Waals surface area contributed by atoms with Crippen molar-refractivity contribution in [1.29, 1.82) is 0 Å². The maximum atomic E-state index is 11.9.